The van der Waals surface area contributed by atoms with Crippen molar-refractivity contribution in [1.82, 2.24) is 0 Å². The van der Waals surface area contributed by atoms with Gasteiger partial charge in [-0.2, -0.15) is 8.42 Å². The number of esters is 1. The number of hydrogen-bond donors (Lipinski definition) is 0. The molecule has 6 nitrogen and oxygen atoms in total. The molecule has 2 aromatic carbocycles. The van der Waals surface area contributed by atoms with Crippen molar-refractivity contribution in [3.8, 4) is 11.5 Å². The minimum atomic E-state index is -3.99. The van der Waals surface area contributed by atoms with Crippen LogP contribution in [0.5, 0.6) is 11.5 Å². The van der Waals surface area contributed by atoms with Gasteiger partial charge in [0, 0.05) is 0 Å². The Kier molecular flexibility index (Phi) is 5.81. The molecule has 0 unspecified atom stereocenters. The molecule has 0 atom stereocenters. The molecule has 0 aromatic heterocycles. The van der Waals surface area contributed by atoms with Crippen molar-refractivity contribution in [2.45, 2.75) is 18.2 Å². The van der Waals surface area contributed by atoms with Crippen molar-refractivity contribution >= 4 is 16.1 Å². The van der Waals surface area contributed by atoms with Gasteiger partial charge in [-0.05, 0) is 36.8 Å². The zero-order valence-electron chi connectivity index (χ0n) is 13.4. The van der Waals surface area contributed by atoms with E-state index in [1.165, 1.54) is 37.4 Å². The van der Waals surface area contributed by atoms with Crippen molar-refractivity contribution in [2.24, 2.45) is 0 Å². The Labute approximate surface area is 141 Å². The number of methoxy groups -OCH3 is 1. The van der Waals surface area contributed by atoms with Crippen LogP contribution in [0.2, 0.25) is 0 Å². The zero-order chi connectivity index (χ0) is 17.6. The van der Waals surface area contributed by atoms with Crippen molar-refractivity contribution in [1.29, 1.82) is 0 Å². The predicted molar refractivity (Wildman–Crippen MR) is 87.8 cm³/mol. The average Bonchev–Trinajstić information content (AvgIpc) is 2.60. The van der Waals surface area contributed by atoms with E-state index in [0.717, 1.165) is 0 Å². The van der Waals surface area contributed by atoms with Crippen LogP contribution in [0.4, 0.5) is 0 Å². The van der Waals surface area contributed by atoms with Crippen LogP contribution in [0.25, 0.3) is 0 Å². The Bertz CT molecular complexity index is 799. The van der Waals surface area contributed by atoms with Gasteiger partial charge in [-0.1, -0.05) is 25.1 Å². The van der Waals surface area contributed by atoms with Crippen LogP contribution in [0.1, 0.15) is 23.7 Å². The minimum Gasteiger partial charge on any atom is -0.493 e. The Hall–Kier alpha value is -2.54. The van der Waals surface area contributed by atoms with Crippen molar-refractivity contribution in [2.75, 3.05) is 13.7 Å². The Balaban J connectivity index is 2.27. The highest BCUT2D eigenvalue weighted by atomic mass is 32.2. The summed E-state index contributed by atoms with van der Waals surface area (Å²) in [4.78, 5) is 11.9. The van der Waals surface area contributed by atoms with Crippen LogP contribution < -0.4 is 8.92 Å². The lowest BCUT2D eigenvalue weighted by Gasteiger charge is -2.12. The molecular weight excluding hydrogens is 332 g/mol. The Morgan fingerprint density at radius 2 is 1.75 bits per heavy atom. The largest absolute Gasteiger partial charge is 0.493 e. The van der Waals surface area contributed by atoms with Gasteiger partial charge in [0.15, 0.2) is 11.5 Å². The van der Waals surface area contributed by atoms with Gasteiger partial charge in [0.1, 0.15) is 4.90 Å². The number of ether oxygens (including phenoxy) is 2. The molecule has 128 valence electrons. The van der Waals surface area contributed by atoms with Gasteiger partial charge in [0.05, 0.1) is 19.3 Å². The molecule has 2 rings (SSSR count). The molecule has 0 fully saturated rings. The van der Waals surface area contributed by atoms with E-state index < -0.39 is 16.1 Å². The van der Waals surface area contributed by atoms with Gasteiger partial charge in [-0.3, -0.25) is 0 Å². The molecule has 7 heteroatoms. The second-order valence-corrected chi connectivity index (χ2v) is 6.40. The lowest BCUT2D eigenvalue weighted by molar-refractivity contribution is 0.0504. The van der Waals surface area contributed by atoms with Crippen LogP contribution >= 0.6 is 0 Å². The summed E-state index contributed by atoms with van der Waals surface area (Å²) in [7, 11) is -2.63. The summed E-state index contributed by atoms with van der Waals surface area (Å²) in [5.41, 5.74) is 0.254. The lowest BCUT2D eigenvalue weighted by atomic mass is 10.2. The predicted octanol–water partition coefficient (Wildman–Crippen LogP) is 3.03. The van der Waals surface area contributed by atoms with Crippen molar-refractivity contribution < 1.29 is 26.9 Å². The smallest absolute Gasteiger partial charge is 0.339 e. The molecular formula is C17H18O6S. The molecule has 0 spiro atoms. The van der Waals surface area contributed by atoms with E-state index in [-0.39, 0.29) is 22.0 Å². The van der Waals surface area contributed by atoms with Crippen LogP contribution in [0.3, 0.4) is 0 Å². The summed E-state index contributed by atoms with van der Waals surface area (Å²) >= 11 is 0. The molecule has 0 aliphatic heterocycles. The summed E-state index contributed by atoms with van der Waals surface area (Å²) in [6.45, 7) is 2.20. The molecule has 0 saturated heterocycles. The van der Waals surface area contributed by atoms with Crippen LogP contribution in [-0.2, 0) is 14.9 Å². The molecule has 24 heavy (non-hydrogen) atoms. The first kappa shape index (κ1) is 17.8. The maximum atomic E-state index is 12.3. The molecule has 2 aromatic rings. The fourth-order valence-corrected chi connectivity index (χ4v) is 2.86. The molecule has 0 N–H and O–H groups in total. The molecule has 0 heterocycles. The summed E-state index contributed by atoms with van der Waals surface area (Å²) in [6.07, 6.45) is 0.708. The Morgan fingerprint density at radius 1 is 1.04 bits per heavy atom. The van der Waals surface area contributed by atoms with E-state index in [0.29, 0.717) is 13.0 Å². The SMILES string of the molecule is CCCOC(=O)c1ccc(OS(=O)(=O)c2ccccc2)c(OC)c1. The standard InChI is InChI=1S/C17H18O6S/c1-3-11-22-17(18)13-9-10-15(16(12-13)21-2)23-24(19,20)14-7-5-4-6-8-14/h4-10,12H,3,11H2,1-2H3. The summed E-state index contributed by atoms with van der Waals surface area (Å²) in [6, 6.07) is 11.9. The highest BCUT2D eigenvalue weighted by molar-refractivity contribution is 7.87. The van der Waals surface area contributed by atoms with E-state index in [9.17, 15) is 13.2 Å². The maximum Gasteiger partial charge on any atom is 0.339 e. The van der Waals surface area contributed by atoms with Crippen molar-refractivity contribution in [3.05, 3.63) is 54.1 Å². The third-order valence-corrected chi connectivity index (χ3v) is 4.32. The molecule has 0 amide bonds. The number of benzene rings is 2. The quantitative estimate of drug-likeness (QED) is 0.564. The fourth-order valence-electron chi connectivity index (χ4n) is 1.89. The molecule has 0 aliphatic carbocycles. The topological polar surface area (TPSA) is 78.9 Å². The van der Waals surface area contributed by atoms with Gasteiger partial charge < -0.3 is 13.7 Å². The summed E-state index contributed by atoms with van der Waals surface area (Å²) < 4.78 is 39.8. The monoisotopic (exact) mass is 350 g/mol. The van der Waals surface area contributed by atoms with Crippen LogP contribution in [0, 0.1) is 0 Å². The van der Waals surface area contributed by atoms with Gasteiger partial charge in [0.2, 0.25) is 0 Å². The number of rotatable bonds is 7. The average molecular weight is 350 g/mol. The van der Waals surface area contributed by atoms with Gasteiger partial charge in [-0.25, -0.2) is 4.79 Å². The molecule has 0 radical (unpaired) electrons. The fraction of sp³-hybridized carbons (Fsp3) is 0.235. The highest BCUT2D eigenvalue weighted by Crippen LogP contribution is 2.31. The van der Waals surface area contributed by atoms with Gasteiger partial charge >= 0.3 is 16.1 Å². The van der Waals surface area contributed by atoms with E-state index in [2.05, 4.69) is 0 Å². The van der Waals surface area contributed by atoms with E-state index in [1.54, 1.807) is 18.2 Å². The van der Waals surface area contributed by atoms with E-state index in [1.807, 2.05) is 6.92 Å². The van der Waals surface area contributed by atoms with E-state index >= 15 is 0 Å². The van der Waals surface area contributed by atoms with Gasteiger partial charge in [0.25, 0.3) is 0 Å². The molecule has 0 bridgehead atoms. The summed E-state index contributed by atoms with van der Waals surface area (Å²) in [5.74, 6) is -0.388. The first-order valence-corrected chi connectivity index (χ1v) is 8.73. The maximum absolute atomic E-state index is 12.3. The minimum absolute atomic E-state index is 0.00612. The summed E-state index contributed by atoms with van der Waals surface area (Å²) in [5, 5.41) is 0. The third-order valence-electron chi connectivity index (χ3n) is 3.07. The first-order valence-electron chi connectivity index (χ1n) is 7.32. The highest BCUT2D eigenvalue weighted by Gasteiger charge is 2.20. The zero-order valence-corrected chi connectivity index (χ0v) is 14.2. The van der Waals surface area contributed by atoms with Gasteiger partial charge in [-0.15, -0.1) is 0 Å². The molecule has 0 aliphatic rings. The van der Waals surface area contributed by atoms with Crippen LogP contribution in [0.15, 0.2) is 53.4 Å². The normalized spacial score (nSPS) is 10.9. The first-order chi connectivity index (χ1) is 11.5. The molecule has 0 saturated carbocycles. The van der Waals surface area contributed by atoms with Crippen LogP contribution in [-0.4, -0.2) is 28.1 Å². The van der Waals surface area contributed by atoms with E-state index in [4.69, 9.17) is 13.7 Å². The number of carbonyl (C=O) groups is 1. The second kappa shape index (κ2) is 7.83. The Morgan fingerprint density at radius 3 is 2.38 bits per heavy atom. The number of carbonyl (C=O) groups excluding carboxylic acids is 1. The van der Waals surface area contributed by atoms with Crippen molar-refractivity contribution in [3.63, 3.8) is 0 Å². The third kappa shape index (κ3) is 4.26. The second-order valence-electron chi connectivity index (χ2n) is 4.85. The lowest BCUT2D eigenvalue weighted by Crippen LogP contribution is -2.11. The number of hydrogen-bond acceptors (Lipinski definition) is 6.